The van der Waals surface area contributed by atoms with E-state index in [-0.39, 0.29) is 6.03 Å². The van der Waals surface area contributed by atoms with Gasteiger partial charge in [0.15, 0.2) is 0 Å². The molecule has 6 heteroatoms. The SMILES string of the molecule is O=C(NC1CCCCC1)N1CCC(N2C[C@H]3C[C@H](C2)[C@H]2CCCC(=O)N2C3)CC1. The van der Waals surface area contributed by atoms with Crippen LogP contribution in [0, 0.1) is 11.8 Å². The minimum absolute atomic E-state index is 0.169. The molecular formula is C23H38N4O2. The Hall–Kier alpha value is -1.30. The summed E-state index contributed by atoms with van der Waals surface area (Å²) < 4.78 is 0. The fourth-order valence-corrected chi connectivity index (χ4v) is 6.89. The van der Waals surface area contributed by atoms with E-state index in [0.29, 0.717) is 35.9 Å². The minimum Gasteiger partial charge on any atom is -0.339 e. The van der Waals surface area contributed by atoms with Crippen LogP contribution in [-0.2, 0) is 4.79 Å². The van der Waals surface area contributed by atoms with Gasteiger partial charge in [-0.1, -0.05) is 19.3 Å². The number of amides is 3. The van der Waals surface area contributed by atoms with Crippen LogP contribution in [0.25, 0.3) is 0 Å². The molecule has 4 saturated heterocycles. The molecule has 0 spiro atoms. The monoisotopic (exact) mass is 402 g/mol. The maximum Gasteiger partial charge on any atom is 0.317 e. The molecule has 162 valence electrons. The molecule has 0 unspecified atom stereocenters. The summed E-state index contributed by atoms with van der Waals surface area (Å²) in [6.07, 6.45) is 12.7. The highest BCUT2D eigenvalue weighted by molar-refractivity contribution is 5.77. The molecule has 2 bridgehead atoms. The van der Waals surface area contributed by atoms with E-state index in [1.165, 1.54) is 32.1 Å². The van der Waals surface area contributed by atoms with Crippen LogP contribution in [-0.4, -0.2) is 77.5 Å². The minimum atomic E-state index is 0.169. The third-order valence-electron chi connectivity index (χ3n) is 8.41. The molecule has 3 atom stereocenters. The number of hydrogen-bond acceptors (Lipinski definition) is 3. The van der Waals surface area contributed by atoms with Crippen LogP contribution in [0.3, 0.4) is 0 Å². The lowest BCUT2D eigenvalue weighted by Crippen LogP contribution is -2.62. The first-order valence-corrected chi connectivity index (χ1v) is 12.3. The number of piperidine rings is 4. The summed E-state index contributed by atoms with van der Waals surface area (Å²) in [5, 5.41) is 3.29. The van der Waals surface area contributed by atoms with Crippen molar-refractivity contribution < 1.29 is 9.59 Å². The van der Waals surface area contributed by atoms with E-state index in [1.54, 1.807) is 0 Å². The quantitative estimate of drug-likeness (QED) is 0.773. The van der Waals surface area contributed by atoms with Crippen LogP contribution in [0.1, 0.15) is 70.6 Å². The second kappa shape index (κ2) is 8.44. The van der Waals surface area contributed by atoms with Crippen molar-refractivity contribution in [2.45, 2.75) is 88.8 Å². The lowest BCUT2D eigenvalue weighted by Gasteiger charge is -2.54. The highest BCUT2D eigenvalue weighted by atomic mass is 16.2. The topological polar surface area (TPSA) is 55.9 Å². The lowest BCUT2D eigenvalue weighted by molar-refractivity contribution is -0.145. The molecule has 5 rings (SSSR count). The highest BCUT2D eigenvalue weighted by Crippen LogP contribution is 2.39. The van der Waals surface area contributed by atoms with Crippen LogP contribution in [0.5, 0.6) is 0 Å². The van der Waals surface area contributed by atoms with Crippen molar-refractivity contribution in [2.75, 3.05) is 32.7 Å². The van der Waals surface area contributed by atoms with Gasteiger partial charge in [0.05, 0.1) is 0 Å². The third kappa shape index (κ3) is 4.14. The van der Waals surface area contributed by atoms with Crippen LogP contribution in [0.4, 0.5) is 4.79 Å². The van der Waals surface area contributed by atoms with E-state index in [2.05, 4.69) is 20.0 Å². The van der Waals surface area contributed by atoms with E-state index >= 15 is 0 Å². The maximum absolute atomic E-state index is 12.7. The number of carbonyl (C=O) groups excluding carboxylic acids is 2. The van der Waals surface area contributed by atoms with E-state index in [1.807, 2.05) is 0 Å². The Morgan fingerprint density at radius 1 is 0.897 bits per heavy atom. The number of nitrogens with one attached hydrogen (secondary N) is 1. The van der Waals surface area contributed by atoms with Crippen molar-refractivity contribution in [3.05, 3.63) is 0 Å². The number of hydrogen-bond donors (Lipinski definition) is 1. The normalized spacial score (nSPS) is 34.8. The summed E-state index contributed by atoms with van der Waals surface area (Å²) >= 11 is 0. The molecule has 0 aromatic carbocycles. The zero-order chi connectivity index (χ0) is 19.8. The molecule has 1 N–H and O–H groups in total. The Kier molecular flexibility index (Phi) is 5.72. The zero-order valence-electron chi connectivity index (χ0n) is 17.9. The fraction of sp³-hybridized carbons (Fsp3) is 0.913. The van der Waals surface area contributed by atoms with Gasteiger partial charge in [0.2, 0.25) is 5.91 Å². The van der Waals surface area contributed by atoms with Crippen molar-refractivity contribution in [3.63, 3.8) is 0 Å². The zero-order valence-corrected chi connectivity index (χ0v) is 17.9. The number of nitrogens with zero attached hydrogens (tertiary/aromatic N) is 3. The van der Waals surface area contributed by atoms with Crippen molar-refractivity contribution in [1.29, 1.82) is 0 Å². The van der Waals surface area contributed by atoms with Crippen molar-refractivity contribution in [2.24, 2.45) is 11.8 Å². The first-order valence-electron chi connectivity index (χ1n) is 12.3. The predicted molar refractivity (Wildman–Crippen MR) is 113 cm³/mol. The molecule has 4 aliphatic heterocycles. The van der Waals surface area contributed by atoms with Gasteiger partial charge in [0, 0.05) is 57.3 Å². The molecule has 0 radical (unpaired) electrons. The number of rotatable bonds is 2. The van der Waals surface area contributed by atoms with Crippen LogP contribution < -0.4 is 5.32 Å². The standard InChI is InChI=1S/C23H38N4O2/c28-22-8-4-7-21-18-13-17(15-27(21)22)14-26(16-18)20-9-11-25(12-10-20)23(29)24-19-5-2-1-3-6-19/h17-21H,1-16H2,(H,24,29)/t17-,18-,21-/m1/s1. The second-order valence-electron chi connectivity index (χ2n) is 10.3. The van der Waals surface area contributed by atoms with Crippen LogP contribution >= 0.6 is 0 Å². The van der Waals surface area contributed by atoms with Crippen molar-refractivity contribution in [3.8, 4) is 0 Å². The molecule has 0 aromatic rings. The van der Waals surface area contributed by atoms with Crippen LogP contribution in [0.2, 0.25) is 0 Å². The Morgan fingerprint density at radius 3 is 2.48 bits per heavy atom. The lowest BCUT2D eigenvalue weighted by atomic mass is 9.75. The molecule has 0 aromatic heterocycles. The van der Waals surface area contributed by atoms with Gasteiger partial charge in [-0.25, -0.2) is 4.79 Å². The number of likely N-dealkylation sites (tertiary alicyclic amines) is 2. The van der Waals surface area contributed by atoms with E-state index in [9.17, 15) is 9.59 Å². The highest BCUT2D eigenvalue weighted by Gasteiger charge is 2.45. The molecular weight excluding hydrogens is 364 g/mol. The summed E-state index contributed by atoms with van der Waals surface area (Å²) in [7, 11) is 0. The van der Waals surface area contributed by atoms with Crippen molar-refractivity contribution >= 4 is 11.9 Å². The molecule has 1 aliphatic carbocycles. The summed E-state index contributed by atoms with van der Waals surface area (Å²) in [5.41, 5.74) is 0. The Labute approximate surface area is 175 Å². The average Bonchev–Trinajstić information content (AvgIpc) is 2.75. The summed E-state index contributed by atoms with van der Waals surface area (Å²) in [6, 6.07) is 1.68. The summed E-state index contributed by atoms with van der Waals surface area (Å²) in [4.78, 5) is 32.0. The fourth-order valence-electron chi connectivity index (χ4n) is 6.89. The molecule has 4 heterocycles. The molecule has 3 amide bonds. The Balaban J connectivity index is 1.13. The first-order chi connectivity index (χ1) is 14.2. The van der Waals surface area contributed by atoms with E-state index in [4.69, 9.17) is 0 Å². The molecule has 5 fully saturated rings. The van der Waals surface area contributed by atoms with E-state index in [0.717, 1.165) is 71.2 Å². The summed E-state index contributed by atoms with van der Waals surface area (Å²) in [5.74, 6) is 1.72. The summed E-state index contributed by atoms with van der Waals surface area (Å²) in [6.45, 7) is 5.07. The van der Waals surface area contributed by atoms with E-state index < -0.39 is 0 Å². The molecule has 6 nitrogen and oxygen atoms in total. The Bertz CT molecular complexity index is 612. The number of urea groups is 1. The van der Waals surface area contributed by atoms with Gasteiger partial charge in [-0.3, -0.25) is 9.69 Å². The van der Waals surface area contributed by atoms with Gasteiger partial charge in [-0.05, 0) is 56.8 Å². The average molecular weight is 403 g/mol. The molecule has 5 aliphatic rings. The number of fused-ring (bicyclic) bond motifs is 4. The number of carbonyl (C=O) groups is 2. The Morgan fingerprint density at radius 2 is 1.69 bits per heavy atom. The largest absolute Gasteiger partial charge is 0.339 e. The maximum atomic E-state index is 12.7. The second-order valence-corrected chi connectivity index (χ2v) is 10.3. The molecule has 29 heavy (non-hydrogen) atoms. The smallest absolute Gasteiger partial charge is 0.317 e. The van der Waals surface area contributed by atoms with Gasteiger partial charge in [-0.15, -0.1) is 0 Å². The van der Waals surface area contributed by atoms with Crippen molar-refractivity contribution in [1.82, 2.24) is 20.0 Å². The van der Waals surface area contributed by atoms with Gasteiger partial charge in [-0.2, -0.15) is 0 Å². The van der Waals surface area contributed by atoms with Crippen LogP contribution in [0.15, 0.2) is 0 Å². The van der Waals surface area contributed by atoms with Gasteiger partial charge in [0.1, 0.15) is 0 Å². The van der Waals surface area contributed by atoms with Gasteiger partial charge < -0.3 is 15.1 Å². The van der Waals surface area contributed by atoms with Gasteiger partial charge in [0.25, 0.3) is 0 Å². The molecule has 1 saturated carbocycles. The predicted octanol–water partition coefficient (Wildman–Crippen LogP) is 2.83. The van der Waals surface area contributed by atoms with Gasteiger partial charge >= 0.3 is 6.03 Å². The third-order valence-corrected chi connectivity index (χ3v) is 8.41. The first kappa shape index (κ1) is 19.7.